The van der Waals surface area contributed by atoms with Gasteiger partial charge in [0, 0.05) is 23.4 Å². The first-order valence-corrected chi connectivity index (χ1v) is 9.35. The molecule has 0 heterocycles. The molecule has 0 spiro atoms. The van der Waals surface area contributed by atoms with Crippen LogP contribution in [0.25, 0.3) is 6.08 Å². The average Bonchev–Trinajstić information content (AvgIpc) is 2.73. The van der Waals surface area contributed by atoms with Crippen LogP contribution < -0.4 is 19.5 Å². The van der Waals surface area contributed by atoms with E-state index in [1.165, 1.54) is 40.4 Å². The molecule has 0 aromatic heterocycles. The highest BCUT2D eigenvalue weighted by Gasteiger charge is 2.18. The summed E-state index contributed by atoms with van der Waals surface area (Å²) in [5.74, 6) is 0.431. The maximum atomic E-state index is 12.4. The van der Waals surface area contributed by atoms with Gasteiger partial charge in [-0.2, -0.15) is 0 Å². The summed E-state index contributed by atoms with van der Waals surface area (Å²) < 4.78 is 21.0. The molecule has 0 bridgehead atoms. The molecule has 2 aromatic carbocycles. The highest BCUT2D eigenvalue weighted by Crippen LogP contribution is 2.35. The molecule has 0 saturated carbocycles. The van der Waals surface area contributed by atoms with Crippen LogP contribution in [-0.4, -0.2) is 39.3 Å². The topological polar surface area (TPSA) is 83.1 Å². The van der Waals surface area contributed by atoms with Crippen molar-refractivity contribution in [1.29, 1.82) is 0 Å². The van der Waals surface area contributed by atoms with Crippen LogP contribution in [0.3, 0.4) is 0 Å². The molecule has 0 unspecified atom stereocenters. The Morgan fingerprint density at radius 2 is 1.57 bits per heavy atom. The highest BCUT2D eigenvalue weighted by molar-refractivity contribution is 5.97. The number of anilines is 1. The SMILES string of the molecule is COc1cc(OC)c(OC)cc1/C=C/C(=O)O[C@@H](C)C(=O)Nc1cc(C)ccc1C. The van der Waals surface area contributed by atoms with E-state index in [1.54, 1.807) is 12.1 Å². The first-order valence-electron chi connectivity index (χ1n) is 9.35. The molecule has 7 nitrogen and oxygen atoms in total. The number of carbonyl (C=O) groups excluding carboxylic acids is 2. The summed E-state index contributed by atoms with van der Waals surface area (Å²) in [5.41, 5.74) is 3.23. The van der Waals surface area contributed by atoms with Crippen molar-refractivity contribution in [2.75, 3.05) is 26.6 Å². The second-order valence-electron chi connectivity index (χ2n) is 6.67. The third-order valence-electron chi connectivity index (χ3n) is 4.45. The van der Waals surface area contributed by atoms with Gasteiger partial charge in [-0.25, -0.2) is 4.79 Å². The molecule has 0 aliphatic heterocycles. The van der Waals surface area contributed by atoms with Crippen molar-refractivity contribution in [3.63, 3.8) is 0 Å². The lowest BCUT2D eigenvalue weighted by atomic mass is 10.1. The van der Waals surface area contributed by atoms with Gasteiger partial charge in [0.25, 0.3) is 5.91 Å². The van der Waals surface area contributed by atoms with E-state index in [-0.39, 0.29) is 0 Å². The van der Waals surface area contributed by atoms with E-state index in [4.69, 9.17) is 18.9 Å². The number of amides is 1. The third kappa shape index (κ3) is 5.76. The van der Waals surface area contributed by atoms with Gasteiger partial charge in [0.05, 0.1) is 21.3 Å². The normalized spacial score (nSPS) is 11.7. The zero-order chi connectivity index (χ0) is 22.3. The summed E-state index contributed by atoms with van der Waals surface area (Å²) >= 11 is 0. The lowest BCUT2D eigenvalue weighted by Crippen LogP contribution is -2.29. The highest BCUT2D eigenvalue weighted by atomic mass is 16.5. The molecular weight excluding hydrogens is 386 g/mol. The molecule has 0 saturated heterocycles. The van der Waals surface area contributed by atoms with E-state index in [0.29, 0.717) is 28.5 Å². The predicted molar refractivity (Wildman–Crippen MR) is 115 cm³/mol. The monoisotopic (exact) mass is 413 g/mol. The van der Waals surface area contributed by atoms with Gasteiger partial charge >= 0.3 is 5.97 Å². The van der Waals surface area contributed by atoms with Gasteiger partial charge in [0.15, 0.2) is 17.6 Å². The molecule has 0 aliphatic carbocycles. The van der Waals surface area contributed by atoms with Crippen LogP contribution in [0.15, 0.2) is 36.4 Å². The molecule has 30 heavy (non-hydrogen) atoms. The lowest BCUT2D eigenvalue weighted by Gasteiger charge is -2.14. The van der Waals surface area contributed by atoms with Crippen LogP contribution in [0.2, 0.25) is 0 Å². The number of nitrogens with one attached hydrogen (secondary N) is 1. The fraction of sp³-hybridized carbons (Fsp3) is 0.304. The molecule has 0 radical (unpaired) electrons. The van der Waals surface area contributed by atoms with E-state index in [9.17, 15) is 9.59 Å². The van der Waals surface area contributed by atoms with Gasteiger partial charge in [-0.05, 0) is 50.1 Å². The molecule has 160 valence electrons. The Morgan fingerprint density at radius 3 is 2.20 bits per heavy atom. The lowest BCUT2D eigenvalue weighted by molar-refractivity contribution is -0.148. The average molecular weight is 413 g/mol. The Balaban J connectivity index is 2.06. The molecule has 0 aliphatic rings. The maximum Gasteiger partial charge on any atom is 0.331 e. The molecule has 2 aromatic rings. The number of esters is 1. The first kappa shape index (κ1) is 22.8. The minimum absolute atomic E-state index is 0.408. The first-order chi connectivity index (χ1) is 14.3. The minimum atomic E-state index is -0.964. The van der Waals surface area contributed by atoms with Crippen molar-refractivity contribution >= 4 is 23.6 Å². The Kier molecular flexibility index (Phi) is 7.86. The van der Waals surface area contributed by atoms with Crippen LogP contribution in [0, 0.1) is 13.8 Å². The van der Waals surface area contributed by atoms with Crippen LogP contribution in [-0.2, 0) is 14.3 Å². The Hall–Kier alpha value is -3.48. The van der Waals surface area contributed by atoms with E-state index in [1.807, 2.05) is 32.0 Å². The van der Waals surface area contributed by atoms with Gasteiger partial charge in [0.1, 0.15) is 5.75 Å². The number of hydrogen-bond acceptors (Lipinski definition) is 6. The standard InChI is InChI=1S/C23H27NO6/c1-14-7-8-15(2)18(11-14)24-23(26)16(3)30-22(25)10-9-17-12-20(28-5)21(29-6)13-19(17)27-4/h7-13,16H,1-6H3,(H,24,26)/b10-9+/t16-/m0/s1. The van der Waals surface area contributed by atoms with E-state index >= 15 is 0 Å². The fourth-order valence-corrected chi connectivity index (χ4v) is 2.71. The summed E-state index contributed by atoms with van der Waals surface area (Å²) in [5, 5.41) is 2.79. The van der Waals surface area contributed by atoms with Crippen molar-refractivity contribution in [2.24, 2.45) is 0 Å². The van der Waals surface area contributed by atoms with Gasteiger partial charge in [-0.15, -0.1) is 0 Å². The third-order valence-corrected chi connectivity index (χ3v) is 4.45. The van der Waals surface area contributed by atoms with Gasteiger partial charge in [-0.1, -0.05) is 12.1 Å². The van der Waals surface area contributed by atoms with Crippen LogP contribution >= 0.6 is 0 Å². The Labute approximate surface area is 176 Å². The molecular formula is C23H27NO6. The van der Waals surface area contributed by atoms with Crippen molar-refractivity contribution in [2.45, 2.75) is 26.9 Å². The van der Waals surface area contributed by atoms with Gasteiger partial charge in [0.2, 0.25) is 0 Å². The quantitative estimate of drug-likeness (QED) is 0.522. The predicted octanol–water partition coefficient (Wildman–Crippen LogP) is 3.91. The molecule has 7 heteroatoms. The number of rotatable bonds is 8. The number of aryl methyl sites for hydroxylation is 2. The second kappa shape index (κ2) is 10.3. The maximum absolute atomic E-state index is 12.4. The van der Waals surface area contributed by atoms with Crippen LogP contribution in [0.1, 0.15) is 23.6 Å². The Morgan fingerprint density at radius 1 is 0.933 bits per heavy atom. The van der Waals surface area contributed by atoms with Crippen molar-refractivity contribution in [1.82, 2.24) is 0 Å². The molecule has 1 amide bonds. The van der Waals surface area contributed by atoms with Crippen molar-refractivity contribution in [3.05, 3.63) is 53.1 Å². The summed E-state index contributed by atoms with van der Waals surface area (Å²) in [4.78, 5) is 24.6. The molecule has 2 rings (SSSR count). The van der Waals surface area contributed by atoms with Crippen molar-refractivity contribution < 1.29 is 28.5 Å². The largest absolute Gasteiger partial charge is 0.496 e. The molecule has 1 atom stereocenters. The summed E-state index contributed by atoms with van der Waals surface area (Å²) in [6.45, 7) is 5.35. The number of benzene rings is 2. The molecule has 0 fully saturated rings. The minimum Gasteiger partial charge on any atom is -0.496 e. The summed E-state index contributed by atoms with van der Waals surface area (Å²) in [7, 11) is 4.55. The van der Waals surface area contributed by atoms with Crippen LogP contribution in [0.5, 0.6) is 17.2 Å². The number of methoxy groups -OCH3 is 3. The summed E-state index contributed by atoms with van der Waals surface area (Å²) in [6, 6.07) is 9.08. The Bertz CT molecular complexity index is 951. The van der Waals surface area contributed by atoms with Crippen LogP contribution in [0.4, 0.5) is 5.69 Å². The second-order valence-corrected chi connectivity index (χ2v) is 6.67. The summed E-state index contributed by atoms with van der Waals surface area (Å²) in [6.07, 6.45) is 1.79. The fourth-order valence-electron chi connectivity index (χ4n) is 2.71. The zero-order valence-electron chi connectivity index (χ0n) is 18.1. The van der Waals surface area contributed by atoms with E-state index in [2.05, 4.69) is 5.32 Å². The molecule has 1 N–H and O–H groups in total. The zero-order valence-corrected chi connectivity index (χ0v) is 18.1. The number of ether oxygens (including phenoxy) is 4. The smallest absolute Gasteiger partial charge is 0.331 e. The van der Waals surface area contributed by atoms with Gasteiger partial charge in [-0.3, -0.25) is 4.79 Å². The van der Waals surface area contributed by atoms with Crippen molar-refractivity contribution in [3.8, 4) is 17.2 Å². The number of hydrogen-bond donors (Lipinski definition) is 1. The van der Waals surface area contributed by atoms with Gasteiger partial charge < -0.3 is 24.3 Å². The van der Waals surface area contributed by atoms with E-state index < -0.39 is 18.0 Å². The van der Waals surface area contributed by atoms with E-state index in [0.717, 1.165) is 11.1 Å². The number of carbonyl (C=O) groups is 2.